The lowest BCUT2D eigenvalue weighted by Crippen LogP contribution is -2.45. The molecule has 8 heteroatoms. The van der Waals surface area contributed by atoms with E-state index >= 15 is 0 Å². The summed E-state index contributed by atoms with van der Waals surface area (Å²) in [7, 11) is 0. The zero-order chi connectivity index (χ0) is 33.0. The summed E-state index contributed by atoms with van der Waals surface area (Å²) in [4.78, 5) is 41.8. The molecule has 0 aliphatic heterocycles. The standard InChI is InChI=1S/C38H46N2O5S/c1-3-14-33(25-36(42)40(22-23-41)26-31-18-10-6-11-19-31)37(43)39-35(29-46-28-32-20-12-7-13-21-32)27-45-38(44)34(15-4-2)24-30-16-8-5-9-17-30/h3-13,16-21,33-35,41H,1-2,14-15,22-29H2,(H,39,43)/t33-,34-,35-/m1/s1. The zero-order valence-corrected chi connectivity index (χ0v) is 27.3. The van der Waals surface area contributed by atoms with Crippen LogP contribution < -0.4 is 5.32 Å². The molecule has 3 aromatic rings. The molecule has 244 valence electrons. The summed E-state index contributed by atoms with van der Waals surface area (Å²) in [6.07, 6.45) is 4.63. The number of allylic oxidation sites excluding steroid dienone is 2. The number of esters is 1. The van der Waals surface area contributed by atoms with E-state index in [2.05, 4.69) is 18.5 Å². The lowest BCUT2D eigenvalue weighted by molar-refractivity contribution is -0.149. The molecule has 7 nitrogen and oxygen atoms in total. The van der Waals surface area contributed by atoms with Crippen molar-refractivity contribution in [2.45, 2.75) is 44.0 Å². The number of carbonyl (C=O) groups is 3. The zero-order valence-electron chi connectivity index (χ0n) is 26.5. The van der Waals surface area contributed by atoms with Gasteiger partial charge in [0.15, 0.2) is 0 Å². The number of carbonyl (C=O) groups excluding carboxylic acids is 3. The normalized spacial score (nSPS) is 12.7. The van der Waals surface area contributed by atoms with E-state index in [4.69, 9.17) is 4.74 Å². The van der Waals surface area contributed by atoms with Gasteiger partial charge in [-0.1, -0.05) is 103 Å². The van der Waals surface area contributed by atoms with E-state index in [9.17, 15) is 19.5 Å². The summed E-state index contributed by atoms with van der Waals surface area (Å²) in [5.41, 5.74) is 3.13. The molecule has 0 saturated heterocycles. The third-order valence-electron chi connectivity index (χ3n) is 7.50. The molecule has 3 aromatic carbocycles. The molecule has 0 aromatic heterocycles. The van der Waals surface area contributed by atoms with Crippen molar-refractivity contribution in [3.05, 3.63) is 133 Å². The van der Waals surface area contributed by atoms with Gasteiger partial charge in [0, 0.05) is 31.0 Å². The average molecular weight is 643 g/mol. The predicted octanol–water partition coefficient (Wildman–Crippen LogP) is 5.99. The van der Waals surface area contributed by atoms with Gasteiger partial charge in [-0.25, -0.2) is 0 Å². The van der Waals surface area contributed by atoms with Crippen LogP contribution in [0.25, 0.3) is 0 Å². The van der Waals surface area contributed by atoms with Gasteiger partial charge in [0.05, 0.1) is 24.5 Å². The van der Waals surface area contributed by atoms with E-state index in [1.807, 2.05) is 91.0 Å². The Kier molecular flexibility index (Phi) is 16.4. The van der Waals surface area contributed by atoms with Gasteiger partial charge < -0.3 is 20.1 Å². The number of aliphatic hydroxyl groups is 1. The molecule has 0 spiro atoms. The Morgan fingerprint density at radius 2 is 1.39 bits per heavy atom. The Labute approximate surface area is 277 Å². The molecule has 0 aliphatic rings. The van der Waals surface area contributed by atoms with Crippen molar-refractivity contribution < 1.29 is 24.2 Å². The first-order valence-electron chi connectivity index (χ1n) is 15.7. The van der Waals surface area contributed by atoms with Crippen molar-refractivity contribution in [1.29, 1.82) is 0 Å². The van der Waals surface area contributed by atoms with E-state index in [0.29, 0.717) is 31.6 Å². The number of nitrogens with one attached hydrogen (secondary N) is 1. The largest absolute Gasteiger partial charge is 0.463 e. The first kappa shape index (κ1) is 36.3. The van der Waals surface area contributed by atoms with E-state index < -0.39 is 12.0 Å². The smallest absolute Gasteiger partial charge is 0.309 e. The highest BCUT2D eigenvalue weighted by atomic mass is 32.2. The Hall–Kier alpha value is -4.14. The molecule has 2 N–H and O–H groups in total. The van der Waals surface area contributed by atoms with Crippen LogP contribution >= 0.6 is 11.8 Å². The summed E-state index contributed by atoms with van der Waals surface area (Å²) in [5, 5.41) is 12.7. The first-order valence-corrected chi connectivity index (χ1v) is 16.9. The summed E-state index contributed by atoms with van der Waals surface area (Å²) in [5.74, 6) is -0.669. The molecular weight excluding hydrogens is 596 g/mol. The number of benzene rings is 3. The Bertz CT molecular complexity index is 1350. The van der Waals surface area contributed by atoms with Crippen molar-refractivity contribution in [2.75, 3.05) is 25.5 Å². The predicted molar refractivity (Wildman–Crippen MR) is 186 cm³/mol. The molecule has 0 saturated carbocycles. The molecule has 0 radical (unpaired) electrons. The Morgan fingerprint density at radius 1 is 0.826 bits per heavy atom. The quantitative estimate of drug-likeness (QED) is 0.110. The van der Waals surface area contributed by atoms with Gasteiger partial charge in [0.1, 0.15) is 6.61 Å². The fourth-order valence-electron chi connectivity index (χ4n) is 5.05. The molecule has 3 rings (SSSR count). The molecule has 46 heavy (non-hydrogen) atoms. The number of hydrogen-bond donors (Lipinski definition) is 2. The topological polar surface area (TPSA) is 95.9 Å². The lowest BCUT2D eigenvalue weighted by atomic mass is 9.96. The summed E-state index contributed by atoms with van der Waals surface area (Å²) in [6.45, 7) is 7.95. The highest BCUT2D eigenvalue weighted by Crippen LogP contribution is 2.19. The Balaban J connectivity index is 1.68. The molecular formula is C38H46N2O5S. The average Bonchev–Trinajstić information content (AvgIpc) is 3.07. The maximum atomic E-state index is 13.6. The molecule has 0 fully saturated rings. The minimum atomic E-state index is -0.661. The van der Waals surface area contributed by atoms with Crippen LogP contribution in [0.5, 0.6) is 0 Å². The lowest BCUT2D eigenvalue weighted by Gasteiger charge is -2.26. The maximum absolute atomic E-state index is 13.6. The summed E-state index contributed by atoms with van der Waals surface area (Å²) in [6, 6.07) is 28.9. The van der Waals surface area contributed by atoms with Crippen LogP contribution in [0.2, 0.25) is 0 Å². The fourth-order valence-corrected chi connectivity index (χ4v) is 6.06. The van der Waals surface area contributed by atoms with Crippen molar-refractivity contribution >= 4 is 29.5 Å². The van der Waals surface area contributed by atoms with E-state index in [0.717, 1.165) is 22.4 Å². The van der Waals surface area contributed by atoms with Gasteiger partial charge in [-0.2, -0.15) is 11.8 Å². The van der Waals surface area contributed by atoms with Crippen LogP contribution in [0.15, 0.2) is 116 Å². The van der Waals surface area contributed by atoms with E-state index in [-0.39, 0.29) is 49.9 Å². The second-order valence-electron chi connectivity index (χ2n) is 11.2. The number of aliphatic hydroxyl groups excluding tert-OH is 1. The monoisotopic (exact) mass is 642 g/mol. The first-order chi connectivity index (χ1) is 22.4. The Morgan fingerprint density at radius 3 is 1.98 bits per heavy atom. The SMILES string of the molecule is C=CC[C@H](CC(=O)N(CCO)Cc1ccccc1)C(=O)N[C@H](COC(=O)[C@H](CC=C)Cc1ccccc1)CSCc1ccccc1. The van der Waals surface area contributed by atoms with Crippen molar-refractivity contribution in [3.63, 3.8) is 0 Å². The third-order valence-corrected chi connectivity index (χ3v) is 8.67. The van der Waals surface area contributed by atoms with Crippen LogP contribution in [-0.4, -0.2) is 59.3 Å². The van der Waals surface area contributed by atoms with Crippen LogP contribution in [-0.2, 0) is 37.8 Å². The van der Waals surface area contributed by atoms with Crippen molar-refractivity contribution in [3.8, 4) is 0 Å². The van der Waals surface area contributed by atoms with Gasteiger partial charge in [0.25, 0.3) is 0 Å². The second-order valence-corrected chi connectivity index (χ2v) is 12.2. The molecule has 0 bridgehead atoms. The highest BCUT2D eigenvalue weighted by molar-refractivity contribution is 7.98. The molecule has 0 unspecified atom stereocenters. The molecule has 0 aliphatic carbocycles. The van der Waals surface area contributed by atoms with Crippen molar-refractivity contribution in [1.82, 2.24) is 10.2 Å². The number of amides is 2. The molecule has 3 atom stereocenters. The minimum absolute atomic E-state index is 0.00813. The highest BCUT2D eigenvalue weighted by Gasteiger charge is 2.27. The number of thioether (sulfide) groups is 1. The number of nitrogens with zero attached hydrogens (tertiary/aromatic N) is 1. The number of ether oxygens (including phenoxy) is 1. The van der Waals surface area contributed by atoms with Crippen molar-refractivity contribution in [2.24, 2.45) is 11.8 Å². The molecule has 0 heterocycles. The van der Waals surface area contributed by atoms with Gasteiger partial charge >= 0.3 is 5.97 Å². The second kappa shape index (κ2) is 20.8. The van der Waals surface area contributed by atoms with Gasteiger partial charge in [-0.3, -0.25) is 14.4 Å². The van der Waals surface area contributed by atoms with Gasteiger partial charge in [-0.15, -0.1) is 13.2 Å². The van der Waals surface area contributed by atoms with Crippen LogP contribution in [0.3, 0.4) is 0 Å². The number of rotatable bonds is 21. The third kappa shape index (κ3) is 13.1. The van der Waals surface area contributed by atoms with Gasteiger partial charge in [0.2, 0.25) is 11.8 Å². The fraction of sp³-hybridized carbons (Fsp3) is 0.342. The number of hydrogen-bond acceptors (Lipinski definition) is 6. The molecule has 2 amide bonds. The van der Waals surface area contributed by atoms with Crippen LogP contribution in [0, 0.1) is 11.8 Å². The van der Waals surface area contributed by atoms with Gasteiger partial charge in [-0.05, 0) is 36.0 Å². The minimum Gasteiger partial charge on any atom is -0.463 e. The summed E-state index contributed by atoms with van der Waals surface area (Å²) >= 11 is 1.64. The van der Waals surface area contributed by atoms with Crippen LogP contribution in [0.4, 0.5) is 0 Å². The maximum Gasteiger partial charge on any atom is 0.309 e. The van der Waals surface area contributed by atoms with E-state index in [1.165, 1.54) is 0 Å². The van der Waals surface area contributed by atoms with E-state index in [1.54, 1.807) is 28.8 Å². The van der Waals surface area contributed by atoms with Crippen LogP contribution in [0.1, 0.15) is 36.0 Å². The summed E-state index contributed by atoms with van der Waals surface area (Å²) < 4.78 is 5.81.